The van der Waals surface area contributed by atoms with E-state index in [9.17, 15) is 19.2 Å². The molecule has 0 aliphatic carbocycles. The quantitative estimate of drug-likeness (QED) is 0.420. The van der Waals surface area contributed by atoms with Gasteiger partial charge in [-0.15, -0.1) is 0 Å². The third kappa shape index (κ3) is 1.40. The van der Waals surface area contributed by atoms with E-state index in [1.165, 1.54) is 0 Å². The number of H-pyrrole nitrogens is 2. The van der Waals surface area contributed by atoms with Gasteiger partial charge in [0, 0.05) is 0 Å². The van der Waals surface area contributed by atoms with Crippen LogP contribution in [0.25, 0.3) is 43.1 Å². The van der Waals surface area contributed by atoms with Crippen molar-refractivity contribution in [2.75, 3.05) is 0 Å². The van der Waals surface area contributed by atoms with Crippen molar-refractivity contribution in [2.24, 2.45) is 0 Å². The number of hydrogen-bond donors (Lipinski definition) is 2. The van der Waals surface area contributed by atoms with Gasteiger partial charge in [-0.05, 0) is 33.7 Å². The van der Waals surface area contributed by atoms with Crippen LogP contribution in [0.3, 0.4) is 0 Å². The van der Waals surface area contributed by atoms with Crippen molar-refractivity contribution in [3.63, 3.8) is 0 Å². The third-order valence-electron chi connectivity index (χ3n) is 4.54. The van der Waals surface area contributed by atoms with E-state index in [4.69, 9.17) is 0 Å². The Morgan fingerprint density at radius 1 is 0.542 bits per heavy atom. The summed E-state index contributed by atoms with van der Waals surface area (Å²) in [5, 5.41) is 3.04. The molecular formula is C18H8N2O4. The second-order valence-electron chi connectivity index (χ2n) is 5.81. The van der Waals surface area contributed by atoms with Gasteiger partial charge in [0.2, 0.25) is 0 Å². The molecule has 0 saturated carbocycles. The Balaban J connectivity index is 2.33. The van der Waals surface area contributed by atoms with Gasteiger partial charge in [-0.1, -0.05) is 24.3 Å². The van der Waals surface area contributed by atoms with E-state index in [0.29, 0.717) is 10.8 Å². The molecule has 0 saturated heterocycles. The molecule has 2 N–H and O–H groups in total. The molecule has 0 aliphatic rings. The van der Waals surface area contributed by atoms with Gasteiger partial charge >= 0.3 is 0 Å². The van der Waals surface area contributed by atoms with Crippen molar-refractivity contribution in [1.82, 2.24) is 9.97 Å². The number of hydrogen-bond acceptors (Lipinski definition) is 4. The minimum absolute atomic E-state index is 0.0128. The fourth-order valence-corrected chi connectivity index (χ4v) is 3.56. The number of fused-ring (bicyclic) bond motifs is 7. The zero-order chi connectivity index (χ0) is 16.6. The van der Waals surface area contributed by atoms with Crippen LogP contribution in [0.4, 0.5) is 0 Å². The highest BCUT2D eigenvalue weighted by Crippen LogP contribution is 2.31. The summed E-state index contributed by atoms with van der Waals surface area (Å²) >= 11 is 0. The van der Waals surface area contributed by atoms with Gasteiger partial charge in [-0.2, -0.15) is 0 Å². The van der Waals surface area contributed by atoms with Crippen molar-refractivity contribution >= 4 is 43.1 Å². The average molecular weight is 316 g/mol. The van der Waals surface area contributed by atoms with Crippen molar-refractivity contribution in [3.05, 3.63) is 77.8 Å². The van der Waals surface area contributed by atoms with Crippen LogP contribution in [-0.2, 0) is 0 Å². The van der Waals surface area contributed by atoms with Crippen molar-refractivity contribution < 1.29 is 0 Å². The Morgan fingerprint density at radius 2 is 0.917 bits per heavy atom. The van der Waals surface area contributed by atoms with Gasteiger partial charge in [-0.25, -0.2) is 0 Å². The zero-order valence-electron chi connectivity index (χ0n) is 12.1. The number of aromatic nitrogens is 2. The van der Waals surface area contributed by atoms with E-state index < -0.39 is 22.2 Å². The SMILES string of the molecule is O=c1[nH]c(=O)c2c1c1cc3ccccc3cc1c1c(=O)[nH]c(=O)c12. The molecule has 6 nitrogen and oxygen atoms in total. The van der Waals surface area contributed by atoms with E-state index in [0.717, 1.165) is 10.8 Å². The molecule has 5 rings (SSSR count). The van der Waals surface area contributed by atoms with E-state index in [1.54, 1.807) is 12.1 Å². The Kier molecular flexibility index (Phi) is 2.19. The molecule has 0 atom stereocenters. The maximum Gasteiger partial charge on any atom is 0.259 e. The highest BCUT2D eigenvalue weighted by atomic mass is 16.2. The zero-order valence-corrected chi connectivity index (χ0v) is 12.1. The summed E-state index contributed by atoms with van der Waals surface area (Å²) in [5.74, 6) is 0. The van der Waals surface area contributed by atoms with Crippen molar-refractivity contribution in [2.45, 2.75) is 0 Å². The molecule has 2 heterocycles. The largest absolute Gasteiger partial charge is 0.288 e. The third-order valence-corrected chi connectivity index (χ3v) is 4.54. The van der Waals surface area contributed by atoms with E-state index >= 15 is 0 Å². The molecule has 3 aromatic carbocycles. The summed E-state index contributed by atoms with van der Waals surface area (Å²) in [4.78, 5) is 53.3. The standard InChI is InChI=1S/C18H8N2O4/c21-15-11-9-5-7-3-1-2-4-8(7)6-10(9)12-14(13(11)17(23)19-15)18(24)20-16(12)22/h1-6H,(H,19,21,23)(H,20,22,24). The first-order valence-corrected chi connectivity index (χ1v) is 7.30. The molecule has 5 aromatic rings. The average Bonchev–Trinajstić information content (AvgIpc) is 3.02. The highest BCUT2D eigenvalue weighted by molar-refractivity contribution is 6.26. The first kappa shape index (κ1) is 13.0. The molecule has 6 heteroatoms. The van der Waals surface area contributed by atoms with Crippen molar-refractivity contribution in [1.29, 1.82) is 0 Å². The number of benzene rings is 3. The van der Waals surface area contributed by atoms with Crippen LogP contribution in [0.15, 0.2) is 55.6 Å². The van der Waals surface area contributed by atoms with Crippen LogP contribution in [0.5, 0.6) is 0 Å². The summed E-state index contributed by atoms with van der Waals surface area (Å²) in [5.41, 5.74) is -2.40. The Bertz CT molecular complexity index is 1410. The molecule has 0 aliphatic heterocycles. The Hall–Kier alpha value is -3.54. The summed E-state index contributed by atoms with van der Waals surface area (Å²) in [6, 6.07) is 11.0. The molecular weight excluding hydrogens is 308 g/mol. The van der Waals surface area contributed by atoms with Gasteiger partial charge in [0.25, 0.3) is 22.2 Å². The van der Waals surface area contributed by atoms with Crippen LogP contribution in [0.2, 0.25) is 0 Å². The highest BCUT2D eigenvalue weighted by Gasteiger charge is 2.21. The lowest BCUT2D eigenvalue weighted by atomic mass is 9.96. The summed E-state index contributed by atoms with van der Waals surface area (Å²) < 4.78 is 0. The normalized spacial score (nSPS) is 12.0. The van der Waals surface area contributed by atoms with Gasteiger partial charge in [-0.3, -0.25) is 29.1 Å². The summed E-state index contributed by atoms with van der Waals surface area (Å²) in [6.45, 7) is 0. The number of nitrogens with one attached hydrogen (secondary N) is 2. The molecule has 0 spiro atoms. The summed E-state index contributed by atoms with van der Waals surface area (Å²) in [6.07, 6.45) is 0. The van der Waals surface area contributed by atoms with Crippen LogP contribution in [0, 0.1) is 0 Å². The maximum atomic E-state index is 12.3. The second kappa shape index (κ2) is 4.05. The minimum atomic E-state index is -0.647. The van der Waals surface area contributed by atoms with Gasteiger partial charge in [0.1, 0.15) is 0 Å². The predicted molar refractivity (Wildman–Crippen MR) is 92.6 cm³/mol. The van der Waals surface area contributed by atoms with Crippen LogP contribution >= 0.6 is 0 Å². The fourth-order valence-electron chi connectivity index (χ4n) is 3.56. The van der Waals surface area contributed by atoms with Crippen LogP contribution < -0.4 is 22.2 Å². The lowest BCUT2D eigenvalue weighted by molar-refractivity contribution is 1.26. The smallest absolute Gasteiger partial charge is 0.259 e. The van der Waals surface area contributed by atoms with E-state index in [1.807, 2.05) is 24.3 Å². The maximum absolute atomic E-state index is 12.3. The van der Waals surface area contributed by atoms with Gasteiger partial charge < -0.3 is 0 Å². The Morgan fingerprint density at radius 3 is 1.33 bits per heavy atom. The molecule has 2 aromatic heterocycles. The van der Waals surface area contributed by atoms with Gasteiger partial charge in [0.05, 0.1) is 21.5 Å². The predicted octanol–water partition coefficient (Wildman–Crippen LogP) is 1.27. The van der Waals surface area contributed by atoms with E-state index in [-0.39, 0.29) is 21.5 Å². The molecule has 0 radical (unpaired) electrons. The first-order valence-electron chi connectivity index (χ1n) is 7.30. The molecule has 0 bridgehead atoms. The lowest BCUT2D eigenvalue weighted by Crippen LogP contribution is -2.08. The molecule has 24 heavy (non-hydrogen) atoms. The topological polar surface area (TPSA) is 99.9 Å². The number of rotatable bonds is 0. The monoisotopic (exact) mass is 316 g/mol. The number of aromatic amines is 2. The molecule has 0 unspecified atom stereocenters. The fraction of sp³-hybridized carbons (Fsp3) is 0. The lowest BCUT2D eigenvalue weighted by Gasteiger charge is -2.04. The molecule has 114 valence electrons. The summed E-state index contributed by atoms with van der Waals surface area (Å²) in [7, 11) is 0. The van der Waals surface area contributed by atoms with Crippen LogP contribution in [0.1, 0.15) is 0 Å². The van der Waals surface area contributed by atoms with E-state index in [2.05, 4.69) is 9.97 Å². The second-order valence-corrected chi connectivity index (χ2v) is 5.81. The Labute approximate surface area is 131 Å². The minimum Gasteiger partial charge on any atom is -0.288 e. The molecule has 0 amide bonds. The van der Waals surface area contributed by atoms with Crippen LogP contribution in [-0.4, -0.2) is 9.97 Å². The molecule has 0 fully saturated rings. The van der Waals surface area contributed by atoms with Gasteiger partial charge in [0.15, 0.2) is 0 Å². The first-order chi connectivity index (χ1) is 11.6. The van der Waals surface area contributed by atoms with Crippen molar-refractivity contribution in [3.8, 4) is 0 Å².